The van der Waals surface area contributed by atoms with Crippen LogP contribution in [0.3, 0.4) is 0 Å². The van der Waals surface area contributed by atoms with Crippen molar-refractivity contribution in [2.45, 2.75) is 77.6 Å². The van der Waals surface area contributed by atoms with Gasteiger partial charge >= 0.3 is 0 Å². The van der Waals surface area contributed by atoms with Gasteiger partial charge in [0.2, 0.25) is 0 Å². The molecule has 0 aliphatic heterocycles. The van der Waals surface area contributed by atoms with Gasteiger partial charge in [0.15, 0.2) is 0 Å². The van der Waals surface area contributed by atoms with E-state index in [1.807, 2.05) is 0 Å². The van der Waals surface area contributed by atoms with Crippen LogP contribution in [0.5, 0.6) is 0 Å². The van der Waals surface area contributed by atoms with Crippen LogP contribution in [-0.2, 0) is 57.8 Å². The molecule has 0 amide bonds. The maximum absolute atomic E-state index is 7.02. The van der Waals surface area contributed by atoms with Gasteiger partial charge < -0.3 is 0 Å². The highest BCUT2D eigenvalue weighted by Crippen LogP contribution is 2.49. The second-order valence-corrected chi connectivity index (χ2v) is 11.3. The highest BCUT2D eigenvalue weighted by molar-refractivity contribution is 9.10. The Balaban J connectivity index is 1.35. The molecule has 0 nitrogen and oxygen atoms in total. The maximum atomic E-state index is 7.02. The molecule has 6 rings (SSSR count). The first-order chi connectivity index (χ1) is 14.6. The lowest BCUT2D eigenvalue weighted by molar-refractivity contribution is 0.359. The Morgan fingerprint density at radius 1 is 0.800 bits per heavy atom. The summed E-state index contributed by atoms with van der Waals surface area (Å²) < 4.78 is 1.46. The van der Waals surface area contributed by atoms with Crippen LogP contribution in [0.15, 0.2) is 17.1 Å². The summed E-state index contributed by atoms with van der Waals surface area (Å²) in [5.74, 6) is 1.49. The molecule has 30 heavy (non-hydrogen) atoms. The molecular formula is C28H30BrCl. The van der Waals surface area contributed by atoms with Crippen molar-refractivity contribution in [2.24, 2.45) is 11.8 Å². The Labute approximate surface area is 194 Å². The number of benzene rings is 2. The van der Waals surface area contributed by atoms with Crippen molar-refractivity contribution in [3.05, 3.63) is 77.8 Å². The fourth-order valence-corrected chi connectivity index (χ4v) is 8.56. The smallest absolute Gasteiger partial charge is 0.0475 e. The molecule has 0 bridgehead atoms. The average molecular weight is 482 g/mol. The topological polar surface area (TPSA) is 0 Å². The summed E-state index contributed by atoms with van der Waals surface area (Å²) in [6.07, 6.45) is 15.5. The van der Waals surface area contributed by atoms with E-state index >= 15 is 0 Å². The average Bonchev–Trinajstić information content (AvgIpc) is 3.53. The minimum absolute atomic E-state index is 0.733. The van der Waals surface area contributed by atoms with Crippen molar-refractivity contribution < 1.29 is 0 Å². The molecule has 0 spiro atoms. The van der Waals surface area contributed by atoms with Gasteiger partial charge in [0.25, 0.3) is 0 Å². The molecule has 2 aromatic carbocycles. The molecule has 2 atom stereocenters. The third kappa shape index (κ3) is 2.70. The zero-order chi connectivity index (χ0) is 20.6. The largest absolute Gasteiger partial charge is 0.103 e. The molecule has 4 aliphatic rings. The van der Waals surface area contributed by atoms with Gasteiger partial charge in [0.1, 0.15) is 0 Å². The maximum Gasteiger partial charge on any atom is 0.0475 e. The number of halogens is 2. The van der Waals surface area contributed by atoms with E-state index < -0.39 is 0 Å². The summed E-state index contributed by atoms with van der Waals surface area (Å²) >= 11 is 11.0. The molecule has 2 heteroatoms. The van der Waals surface area contributed by atoms with Gasteiger partial charge in [-0.3, -0.25) is 0 Å². The molecule has 0 saturated carbocycles. The summed E-state index contributed by atoms with van der Waals surface area (Å²) in [6.45, 7) is 6.46. The number of fused-ring (bicyclic) bond motifs is 4. The van der Waals surface area contributed by atoms with Crippen LogP contribution in [0, 0.1) is 18.8 Å². The van der Waals surface area contributed by atoms with Crippen molar-refractivity contribution >= 4 is 27.5 Å². The van der Waals surface area contributed by atoms with E-state index in [9.17, 15) is 0 Å². The third-order valence-corrected chi connectivity index (χ3v) is 10.2. The van der Waals surface area contributed by atoms with Gasteiger partial charge in [0.05, 0.1) is 0 Å². The molecular weight excluding hydrogens is 452 g/mol. The quantitative estimate of drug-likeness (QED) is 0.405. The molecule has 0 fully saturated rings. The Kier molecular flexibility index (Phi) is 4.74. The van der Waals surface area contributed by atoms with E-state index in [0.29, 0.717) is 0 Å². The lowest BCUT2D eigenvalue weighted by Gasteiger charge is -2.18. The minimum Gasteiger partial charge on any atom is -0.103 e. The summed E-state index contributed by atoms with van der Waals surface area (Å²) in [4.78, 5) is 0. The molecule has 156 valence electrons. The lowest BCUT2D eigenvalue weighted by Crippen LogP contribution is -2.15. The Bertz CT molecular complexity index is 1050. The van der Waals surface area contributed by atoms with Crippen molar-refractivity contribution in [2.75, 3.05) is 0 Å². The first kappa shape index (κ1) is 19.6. The Morgan fingerprint density at radius 3 is 2.17 bits per heavy atom. The Hall–Kier alpha value is -1.05. The lowest BCUT2D eigenvalue weighted by atomic mass is 9.86. The van der Waals surface area contributed by atoms with Gasteiger partial charge in [-0.2, -0.15) is 0 Å². The van der Waals surface area contributed by atoms with Gasteiger partial charge in [0, 0.05) is 9.50 Å². The van der Waals surface area contributed by atoms with Crippen molar-refractivity contribution in [3.63, 3.8) is 0 Å². The third-order valence-electron chi connectivity index (χ3n) is 8.74. The van der Waals surface area contributed by atoms with Crippen molar-refractivity contribution in [1.29, 1.82) is 0 Å². The highest BCUT2D eigenvalue weighted by Gasteiger charge is 2.39. The number of hydrogen-bond acceptors (Lipinski definition) is 0. The highest BCUT2D eigenvalue weighted by atomic mass is 79.9. The molecule has 0 radical (unpaired) electrons. The van der Waals surface area contributed by atoms with Gasteiger partial charge in [-0.15, -0.1) is 6.58 Å². The van der Waals surface area contributed by atoms with E-state index in [1.165, 1.54) is 79.8 Å². The fraction of sp³-hybridized carbons (Fsp3) is 0.500. The predicted octanol–water partition coefficient (Wildman–Crippen LogP) is 7.25. The molecule has 0 saturated heterocycles. The summed E-state index contributed by atoms with van der Waals surface area (Å²) in [6, 6.07) is 0. The van der Waals surface area contributed by atoms with Gasteiger partial charge in [-0.05, 0) is 145 Å². The summed E-state index contributed by atoms with van der Waals surface area (Å²) in [5.41, 5.74) is 15.9. The molecule has 2 unspecified atom stereocenters. The first-order valence-corrected chi connectivity index (χ1v) is 13.0. The molecule has 0 N–H and O–H groups in total. The second-order valence-electron chi connectivity index (χ2n) is 10.1. The van der Waals surface area contributed by atoms with Crippen LogP contribution in [-0.4, -0.2) is 0 Å². The van der Waals surface area contributed by atoms with Crippen LogP contribution in [0.1, 0.15) is 68.5 Å². The number of hydrogen-bond donors (Lipinski definition) is 0. The number of rotatable bonds is 3. The standard InChI is InChI=1S/C28H30BrCl/c1-3-6-19-20-8-5-10-22(20)28(30)26-14-17(12-24(19)26)16-11-23-15(2)18-7-4-9-21(18)27(29)25(23)13-16/h3,16-17H,1,4-14H2,2H3. The van der Waals surface area contributed by atoms with E-state index in [1.54, 1.807) is 44.5 Å². The zero-order valence-corrected chi connectivity index (χ0v) is 20.3. The molecule has 0 aromatic heterocycles. The summed E-state index contributed by atoms with van der Waals surface area (Å²) in [5, 5.41) is 1.12. The van der Waals surface area contributed by atoms with Crippen LogP contribution >= 0.6 is 27.5 Å². The Morgan fingerprint density at radius 2 is 1.40 bits per heavy atom. The SMILES string of the molecule is C=CCc1c2c(c(Cl)c3c1CC(C1Cc4c(C)c5c(c(Br)c4C1)CCC5)C3)CCC2. The van der Waals surface area contributed by atoms with Gasteiger partial charge in [-0.1, -0.05) is 33.6 Å². The summed E-state index contributed by atoms with van der Waals surface area (Å²) in [7, 11) is 0. The predicted molar refractivity (Wildman–Crippen MR) is 130 cm³/mol. The minimum atomic E-state index is 0.733. The number of allylic oxidation sites excluding steroid dienone is 1. The van der Waals surface area contributed by atoms with Crippen molar-refractivity contribution in [3.8, 4) is 0 Å². The normalized spacial score (nSPS) is 23.4. The van der Waals surface area contributed by atoms with Crippen LogP contribution in [0.4, 0.5) is 0 Å². The van der Waals surface area contributed by atoms with E-state index in [0.717, 1.165) is 23.3 Å². The molecule has 4 aliphatic carbocycles. The van der Waals surface area contributed by atoms with E-state index in [-0.39, 0.29) is 0 Å². The molecule has 2 aromatic rings. The van der Waals surface area contributed by atoms with E-state index in [2.05, 4.69) is 35.5 Å². The monoisotopic (exact) mass is 480 g/mol. The molecule has 0 heterocycles. The van der Waals surface area contributed by atoms with Crippen LogP contribution in [0.25, 0.3) is 0 Å². The van der Waals surface area contributed by atoms with Crippen LogP contribution < -0.4 is 0 Å². The fourth-order valence-electron chi connectivity index (χ4n) is 7.32. The van der Waals surface area contributed by atoms with Gasteiger partial charge in [-0.25, -0.2) is 0 Å². The van der Waals surface area contributed by atoms with Crippen LogP contribution in [0.2, 0.25) is 5.02 Å². The van der Waals surface area contributed by atoms with Crippen molar-refractivity contribution in [1.82, 2.24) is 0 Å². The second kappa shape index (κ2) is 7.24. The zero-order valence-electron chi connectivity index (χ0n) is 18.0. The first-order valence-electron chi connectivity index (χ1n) is 11.8. The van der Waals surface area contributed by atoms with E-state index in [4.69, 9.17) is 11.6 Å².